The summed E-state index contributed by atoms with van der Waals surface area (Å²) in [5.41, 5.74) is 1.01. The number of rotatable bonds is 4. The lowest BCUT2D eigenvalue weighted by Crippen LogP contribution is -2.48. The van der Waals surface area contributed by atoms with Crippen LogP contribution in [0.1, 0.15) is 36.6 Å². The van der Waals surface area contributed by atoms with Crippen LogP contribution in [-0.4, -0.2) is 64.4 Å². The normalized spacial score (nSPS) is 22.0. The van der Waals surface area contributed by atoms with Crippen LogP contribution in [0.5, 0.6) is 0 Å². The highest BCUT2D eigenvalue weighted by Gasteiger charge is 2.36. The largest absolute Gasteiger partial charge is 0.381 e. The van der Waals surface area contributed by atoms with E-state index in [-0.39, 0.29) is 17.4 Å². The first-order chi connectivity index (χ1) is 13.2. The number of hydrogen-bond donors (Lipinski definition) is 2. The molecule has 1 aromatic carbocycles. The van der Waals surface area contributed by atoms with E-state index in [1.807, 2.05) is 23.1 Å². The van der Waals surface area contributed by atoms with Gasteiger partial charge < -0.3 is 15.0 Å². The van der Waals surface area contributed by atoms with Gasteiger partial charge in [-0.1, -0.05) is 28.9 Å². The summed E-state index contributed by atoms with van der Waals surface area (Å²) in [4.78, 5) is 14.6. The third kappa shape index (κ3) is 3.91. The topological polar surface area (TPSA) is 96.0 Å². The number of H-pyrrole nitrogens is 1. The zero-order valence-electron chi connectivity index (χ0n) is 15.0. The predicted octanol–water partition coefficient (Wildman–Crippen LogP) is 2.10. The number of aromatic nitrogens is 4. The Labute approximate surface area is 162 Å². The Bertz CT molecular complexity index is 778. The second-order valence-corrected chi connectivity index (χ2v) is 7.70. The number of nitrogens with zero attached hydrogens (tertiary/aromatic N) is 4. The molecule has 1 aromatic heterocycles. The van der Waals surface area contributed by atoms with Gasteiger partial charge in [0, 0.05) is 49.2 Å². The van der Waals surface area contributed by atoms with E-state index in [4.69, 9.17) is 16.3 Å². The minimum absolute atomic E-state index is 0.0473. The van der Waals surface area contributed by atoms with Crippen LogP contribution in [-0.2, 0) is 10.2 Å². The summed E-state index contributed by atoms with van der Waals surface area (Å²) < 4.78 is 5.56. The van der Waals surface area contributed by atoms with E-state index >= 15 is 0 Å². The summed E-state index contributed by atoms with van der Waals surface area (Å²) in [6.07, 6.45) is 2.57. The molecular weight excluding hydrogens is 368 g/mol. The molecule has 2 amide bonds. The molecule has 0 radical (unpaired) electrons. The van der Waals surface area contributed by atoms with Crippen LogP contribution in [0, 0.1) is 0 Å². The highest BCUT2D eigenvalue weighted by atomic mass is 35.5. The molecule has 8 nitrogen and oxygen atoms in total. The number of tetrazole rings is 1. The van der Waals surface area contributed by atoms with Gasteiger partial charge in [0.05, 0.1) is 0 Å². The number of nitrogens with one attached hydrogen (secondary N) is 2. The number of carbonyl (C=O) groups is 1. The molecule has 2 aliphatic rings. The number of likely N-dealkylation sites (tertiary alicyclic amines) is 1. The van der Waals surface area contributed by atoms with Crippen LogP contribution in [0.4, 0.5) is 4.79 Å². The molecule has 1 atom stereocenters. The molecule has 27 heavy (non-hydrogen) atoms. The highest BCUT2D eigenvalue weighted by molar-refractivity contribution is 6.30. The van der Waals surface area contributed by atoms with Crippen molar-refractivity contribution in [3.63, 3.8) is 0 Å². The number of urea groups is 1. The van der Waals surface area contributed by atoms with Crippen molar-refractivity contribution >= 4 is 17.6 Å². The fraction of sp³-hybridized carbons (Fsp3) is 0.556. The molecule has 0 spiro atoms. The van der Waals surface area contributed by atoms with Crippen LogP contribution in [0.3, 0.4) is 0 Å². The summed E-state index contributed by atoms with van der Waals surface area (Å²) >= 11 is 6.21. The molecule has 1 unspecified atom stereocenters. The van der Waals surface area contributed by atoms with Crippen LogP contribution in [0.2, 0.25) is 5.02 Å². The van der Waals surface area contributed by atoms with E-state index in [1.165, 1.54) is 0 Å². The third-order valence-corrected chi connectivity index (χ3v) is 5.90. The summed E-state index contributed by atoms with van der Waals surface area (Å²) in [6.45, 7) is 3.24. The van der Waals surface area contributed by atoms with E-state index in [9.17, 15) is 4.79 Å². The van der Waals surface area contributed by atoms with Gasteiger partial charge in [0.2, 0.25) is 0 Å². The lowest BCUT2D eigenvalue weighted by molar-refractivity contribution is 0.0502. The average molecular weight is 391 g/mol. The fourth-order valence-electron chi connectivity index (χ4n) is 4.00. The number of amides is 2. The number of hydrogen-bond acceptors (Lipinski definition) is 5. The standard InChI is InChI=1S/C18H23ClN6O2/c19-15-3-1-2-14(10-15)18(5-8-27-9-6-18)12-20-17(26)25-7-4-13(11-25)16-21-23-24-22-16/h1-3,10,13H,4-9,11-12H2,(H,20,26)(H,21,22,23,24). The minimum atomic E-state index is -0.147. The molecule has 0 bridgehead atoms. The number of aromatic amines is 1. The van der Waals surface area contributed by atoms with Gasteiger partial charge in [-0.3, -0.25) is 0 Å². The van der Waals surface area contributed by atoms with Crippen molar-refractivity contribution in [1.29, 1.82) is 0 Å². The summed E-state index contributed by atoms with van der Waals surface area (Å²) in [5.74, 6) is 0.810. The average Bonchev–Trinajstić information content (AvgIpc) is 3.38. The number of carbonyl (C=O) groups excluding carboxylic acids is 1. The van der Waals surface area contributed by atoms with Crippen LogP contribution >= 0.6 is 11.6 Å². The van der Waals surface area contributed by atoms with E-state index in [1.54, 1.807) is 0 Å². The van der Waals surface area contributed by atoms with Crippen LogP contribution < -0.4 is 5.32 Å². The van der Waals surface area contributed by atoms with Gasteiger partial charge in [-0.25, -0.2) is 4.79 Å². The molecule has 2 saturated heterocycles. The zero-order chi connectivity index (χ0) is 18.7. The molecule has 2 aromatic rings. The first-order valence-electron chi connectivity index (χ1n) is 9.26. The van der Waals surface area contributed by atoms with E-state index < -0.39 is 0 Å². The molecule has 144 valence electrons. The molecule has 9 heteroatoms. The van der Waals surface area contributed by atoms with E-state index in [0.29, 0.717) is 43.7 Å². The smallest absolute Gasteiger partial charge is 0.317 e. The second-order valence-electron chi connectivity index (χ2n) is 7.26. The summed E-state index contributed by atoms with van der Waals surface area (Å²) in [7, 11) is 0. The van der Waals surface area contributed by atoms with Crippen LogP contribution in [0.25, 0.3) is 0 Å². The number of halogens is 1. The van der Waals surface area contributed by atoms with Gasteiger partial charge in [0.15, 0.2) is 5.82 Å². The van der Waals surface area contributed by atoms with E-state index in [2.05, 4.69) is 32.0 Å². The molecule has 4 rings (SSSR count). The fourth-order valence-corrected chi connectivity index (χ4v) is 4.19. The molecule has 2 fully saturated rings. The van der Waals surface area contributed by atoms with Gasteiger partial charge in [0.25, 0.3) is 0 Å². The number of benzene rings is 1. The Balaban J connectivity index is 1.41. The summed E-state index contributed by atoms with van der Waals surface area (Å²) in [5, 5.41) is 18.0. The minimum Gasteiger partial charge on any atom is -0.381 e. The molecule has 0 saturated carbocycles. The Morgan fingerprint density at radius 2 is 2.26 bits per heavy atom. The lowest BCUT2D eigenvalue weighted by Gasteiger charge is -2.38. The lowest BCUT2D eigenvalue weighted by atomic mass is 9.74. The van der Waals surface area contributed by atoms with Gasteiger partial charge in [-0.05, 0) is 37.0 Å². The number of ether oxygens (including phenoxy) is 1. The molecular formula is C18H23ClN6O2. The zero-order valence-corrected chi connectivity index (χ0v) is 15.8. The van der Waals surface area contributed by atoms with Crippen molar-refractivity contribution in [2.75, 3.05) is 32.8 Å². The van der Waals surface area contributed by atoms with Gasteiger partial charge in [-0.15, -0.1) is 10.2 Å². The second kappa shape index (κ2) is 7.82. The van der Waals surface area contributed by atoms with Crippen LogP contribution in [0.15, 0.2) is 24.3 Å². The predicted molar refractivity (Wildman–Crippen MR) is 99.7 cm³/mol. The Morgan fingerprint density at radius 1 is 1.41 bits per heavy atom. The van der Waals surface area contributed by atoms with E-state index in [0.717, 1.165) is 24.8 Å². The van der Waals surface area contributed by atoms with Crippen molar-refractivity contribution in [3.8, 4) is 0 Å². The van der Waals surface area contributed by atoms with Crippen molar-refractivity contribution in [2.24, 2.45) is 0 Å². The monoisotopic (exact) mass is 390 g/mol. The van der Waals surface area contributed by atoms with Crippen molar-refractivity contribution in [3.05, 3.63) is 40.7 Å². The molecule has 3 heterocycles. The molecule has 0 aliphatic carbocycles. The highest BCUT2D eigenvalue weighted by Crippen LogP contribution is 2.35. The van der Waals surface area contributed by atoms with Gasteiger partial charge >= 0.3 is 6.03 Å². The van der Waals surface area contributed by atoms with Crippen molar-refractivity contribution in [2.45, 2.75) is 30.6 Å². The molecule has 2 N–H and O–H groups in total. The Hall–Kier alpha value is -2.19. The molecule has 2 aliphatic heterocycles. The van der Waals surface area contributed by atoms with Crippen molar-refractivity contribution in [1.82, 2.24) is 30.8 Å². The summed E-state index contributed by atoms with van der Waals surface area (Å²) in [6, 6.07) is 7.88. The first-order valence-corrected chi connectivity index (χ1v) is 9.64. The maximum Gasteiger partial charge on any atom is 0.317 e. The Kier molecular flexibility index (Phi) is 5.27. The SMILES string of the molecule is O=C(NCC1(c2cccc(Cl)c2)CCOCC1)N1CCC(c2nn[nH]n2)C1. The third-order valence-electron chi connectivity index (χ3n) is 5.67. The Morgan fingerprint density at radius 3 is 3.00 bits per heavy atom. The maximum atomic E-state index is 12.7. The first kappa shape index (κ1) is 18.2. The van der Waals surface area contributed by atoms with Crippen molar-refractivity contribution < 1.29 is 9.53 Å². The van der Waals surface area contributed by atoms with Gasteiger partial charge in [0.1, 0.15) is 0 Å². The quantitative estimate of drug-likeness (QED) is 0.833. The maximum absolute atomic E-state index is 12.7. The van der Waals surface area contributed by atoms with Gasteiger partial charge in [-0.2, -0.15) is 5.21 Å².